The van der Waals surface area contributed by atoms with Crippen LogP contribution in [0.15, 0.2) is 57.0 Å². The summed E-state index contributed by atoms with van der Waals surface area (Å²) in [4.78, 5) is 4.36. The first-order valence-corrected chi connectivity index (χ1v) is 9.53. The van der Waals surface area contributed by atoms with Crippen molar-refractivity contribution in [1.29, 1.82) is 0 Å². The Morgan fingerprint density at radius 1 is 1.08 bits per heavy atom. The van der Waals surface area contributed by atoms with Crippen LogP contribution in [0.4, 0.5) is 0 Å². The van der Waals surface area contributed by atoms with Crippen LogP contribution in [0.25, 0.3) is 0 Å². The van der Waals surface area contributed by atoms with Crippen molar-refractivity contribution in [2.24, 2.45) is 4.99 Å². The molecule has 3 N–H and O–H groups in total. The molecule has 136 valence electrons. The minimum atomic E-state index is -3.49. The zero-order valence-corrected chi connectivity index (χ0v) is 15.3. The lowest BCUT2D eigenvalue weighted by Crippen LogP contribution is -2.42. The van der Waals surface area contributed by atoms with Crippen molar-refractivity contribution in [3.8, 4) is 0 Å². The number of aryl methyl sites for hydroxylation is 1. The van der Waals surface area contributed by atoms with E-state index in [1.807, 2.05) is 19.1 Å². The lowest BCUT2D eigenvalue weighted by atomic mass is 10.2. The molecular formula is C17H24N4O3S. The molecule has 0 atom stereocenters. The summed E-state index contributed by atoms with van der Waals surface area (Å²) in [7, 11) is -1.83. The maximum absolute atomic E-state index is 12.2. The fourth-order valence-electron chi connectivity index (χ4n) is 2.15. The third-order valence-electron chi connectivity index (χ3n) is 3.51. The lowest BCUT2D eigenvalue weighted by molar-refractivity contribution is 0.506. The highest BCUT2D eigenvalue weighted by Gasteiger charge is 2.12. The molecule has 0 bridgehead atoms. The van der Waals surface area contributed by atoms with Crippen LogP contribution in [0.1, 0.15) is 11.3 Å². The number of benzene rings is 1. The van der Waals surface area contributed by atoms with E-state index in [1.54, 1.807) is 37.6 Å². The van der Waals surface area contributed by atoms with Crippen molar-refractivity contribution < 1.29 is 12.8 Å². The van der Waals surface area contributed by atoms with Gasteiger partial charge in [0.15, 0.2) is 5.96 Å². The van der Waals surface area contributed by atoms with Gasteiger partial charge in [-0.2, -0.15) is 0 Å². The predicted molar refractivity (Wildman–Crippen MR) is 98.1 cm³/mol. The van der Waals surface area contributed by atoms with Gasteiger partial charge in [0.05, 0.1) is 11.2 Å². The lowest BCUT2D eigenvalue weighted by Gasteiger charge is -2.12. The predicted octanol–water partition coefficient (Wildman–Crippen LogP) is 1.27. The van der Waals surface area contributed by atoms with Gasteiger partial charge < -0.3 is 15.1 Å². The normalized spacial score (nSPS) is 12.2. The third-order valence-corrected chi connectivity index (χ3v) is 4.99. The number of aliphatic imine (C=N–C) groups is 1. The second kappa shape index (κ2) is 9.24. The molecule has 0 spiro atoms. The molecule has 7 nitrogen and oxygen atoms in total. The Hall–Kier alpha value is -2.32. The van der Waals surface area contributed by atoms with Crippen LogP contribution in [-0.2, 0) is 16.4 Å². The Morgan fingerprint density at radius 3 is 2.44 bits per heavy atom. The summed E-state index contributed by atoms with van der Waals surface area (Å²) in [5.74, 6) is 1.51. The number of guanidine groups is 1. The van der Waals surface area contributed by atoms with Crippen molar-refractivity contribution in [2.75, 3.05) is 26.7 Å². The average molecular weight is 364 g/mol. The summed E-state index contributed by atoms with van der Waals surface area (Å²) in [6.07, 6.45) is 2.39. The molecule has 0 saturated heterocycles. The number of nitrogens with one attached hydrogen (secondary N) is 3. The Kier molecular flexibility index (Phi) is 7.03. The molecule has 0 radical (unpaired) electrons. The monoisotopic (exact) mass is 364 g/mol. The molecule has 0 aliphatic carbocycles. The van der Waals surface area contributed by atoms with Gasteiger partial charge in [-0.3, -0.25) is 4.99 Å². The Balaban J connectivity index is 1.70. The molecule has 0 saturated carbocycles. The SMILES string of the molecule is CN=C(NCCNS(=O)(=O)c1ccc(C)cc1)NCCc1ccco1. The first kappa shape index (κ1) is 19.0. The maximum Gasteiger partial charge on any atom is 0.240 e. The molecule has 2 aromatic rings. The fraction of sp³-hybridized carbons (Fsp3) is 0.353. The second-order valence-corrected chi connectivity index (χ2v) is 7.23. The van der Waals surface area contributed by atoms with Crippen LogP contribution in [0, 0.1) is 6.92 Å². The highest BCUT2D eigenvalue weighted by Crippen LogP contribution is 2.09. The summed E-state index contributed by atoms with van der Waals surface area (Å²) in [5.41, 5.74) is 1.02. The Labute approximate surface area is 148 Å². The molecule has 1 aromatic carbocycles. The number of hydrogen-bond donors (Lipinski definition) is 3. The highest BCUT2D eigenvalue weighted by molar-refractivity contribution is 7.89. The molecular weight excluding hydrogens is 340 g/mol. The van der Waals surface area contributed by atoms with Gasteiger partial charge >= 0.3 is 0 Å². The molecule has 1 heterocycles. The topological polar surface area (TPSA) is 95.7 Å². The largest absolute Gasteiger partial charge is 0.469 e. The zero-order valence-electron chi connectivity index (χ0n) is 14.5. The highest BCUT2D eigenvalue weighted by atomic mass is 32.2. The van der Waals surface area contributed by atoms with Gasteiger partial charge in [-0.25, -0.2) is 13.1 Å². The van der Waals surface area contributed by atoms with Crippen molar-refractivity contribution in [3.05, 3.63) is 54.0 Å². The maximum atomic E-state index is 12.2. The molecule has 8 heteroatoms. The number of rotatable bonds is 8. The van der Waals surface area contributed by atoms with E-state index in [1.165, 1.54) is 0 Å². The summed E-state index contributed by atoms with van der Waals surface area (Å²) < 4.78 is 32.2. The molecule has 1 aromatic heterocycles. The van der Waals surface area contributed by atoms with Gasteiger partial charge in [0, 0.05) is 33.1 Å². The van der Waals surface area contributed by atoms with Crippen molar-refractivity contribution >= 4 is 16.0 Å². The summed E-state index contributed by atoms with van der Waals surface area (Å²) >= 11 is 0. The number of nitrogens with zero attached hydrogens (tertiary/aromatic N) is 1. The van der Waals surface area contributed by atoms with Gasteiger partial charge in [-0.1, -0.05) is 17.7 Å². The van der Waals surface area contributed by atoms with Crippen molar-refractivity contribution in [2.45, 2.75) is 18.2 Å². The van der Waals surface area contributed by atoms with E-state index in [4.69, 9.17) is 4.42 Å². The Bertz CT molecular complexity index is 769. The van der Waals surface area contributed by atoms with Crippen molar-refractivity contribution in [1.82, 2.24) is 15.4 Å². The summed E-state index contributed by atoms with van der Waals surface area (Å²) in [6, 6.07) is 10.5. The minimum Gasteiger partial charge on any atom is -0.469 e. The Morgan fingerprint density at radius 2 is 1.80 bits per heavy atom. The summed E-state index contributed by atoms with van der Waals surface area (Å²) in [5, 5.41) is 6.21. The van der Waals surface area contributed by atoms with E-state index < -0.39 is 10.0 Å². The smallest absolute Gasteiger partial charge is 0.240 e. The van der Waals surface area contributed by atoms with E-state index in [2.05, 4.69) is 20.3 Å². The first-order valence-electron chi connectivity index (χ1n) is 8.04. The van der Waals surface area contributed by atoms with Crippen LogP contribution >= 0.6 is 0 Å². The van der Waals surface area contributed by atoms with Crippen LogP contribution < -0.4 is 15.4 Å². The molecule has 0 amide bonds. The zero-order chi connectivity index (χ0) is 18.1. The van der Waals surface area contributed by atoms with Gasteiger partial charge in [0.2, 0.25) is 10.0 Å². The van der Waals surface area contributed by atoms with E-state index >= 15 is 0 Å². The van der Waals surface area contributed by atoms with Gasteiger partial charge in [0.1, 0.15) is 5.76 Å². The molecule has 25 heavy (non-hydrogen) atoms. The standard InChI is InChI=1S/C17H24N4O3S/c1-14-5-7-16(8-6-14)25(22,23)21-12-11-20-17(18-2)19-10-9-15-4-3-13-24-15/h3-8,13,21H,9-12H2,1-2H3,(H2,18,19,20). The number of furan rings is 1. The van der Waals surface area contributed by atoms with Crippen LogP contribution in [0.3, 0.4) is 0 Å². The fourth-order valence-corrected chi connectivity index (χ4v) is 3.18. The minimum absolute atomic E-state index is 0.259. The molecule has 2 rings (SSSR count). The van der Waals surface area contributed by atoms with E-state index in [0.29, 0.717) is 19.0 Å². The van der Waals surface area contributed by atoms with E-state index in [-0.39, 0.29) is 11.4 Å². The summed E-state index contributed by atoms with van der Waals surface area (Å²) in [6.45, 7) is 3.27. The quantitative estimate of drug-likeness (QED) is 0.372. The van der Waals surface area contributed by atoms with Crippen molar-refractivity contribution in [3.63, 3.8) is 0 Å². The number of hydrogen-bond acceptors (Lipinski definition) is 4. The van der Waals surface area contributed by atoms with E-state index in [0.717, 1.165) is 17.7 Å². The van der Waals surface area contributed by atoms with Gasteiger partial charge in [-0.15, -0.1) is 0 Å². The molecule has 0 aliphatic heterocycles. The third kappa shape index (κ3) is 6.24. The molecule has 0 aliphatic rings. The first-order chi connectivity index (χ1) is 12.0. The van der Waals surface area contributed by atoms with Crippen LogP contribution in [-0.4, -0.2) is 41.1 Å². The molecule has 0 fully saturated rings. The second-order valence-electron chi connectivity index (χ2n) is 5.47. The van der Waals surface area contributed by atoms with Crippen LogP contribution in [0.2, 0.25) is 0 Å². The van der Waals surface area contributed by atoms with Crippen LogP contribution in [0.5, 0.6) is 0 Å². The number of sulfonamides is 1. The van der Waals surface area contributed by atoms with Gasteiger partial charge in [-0.05, 0) is 31.2 Å². The van der Waals surface area contributed by atoms with E-state index in [9.17, 15) is 8.42 Å². The van der Waals surface area contributed by atoms with Gasteiger partial charge in [0.25, 0.3) is 0 Å². The molecule has 0 unspecified atom stereocenters. The average Bonchev–Trinajstić information content (AvgIpc) is 3.11.